The molecule has 1 N–H and O–H groups in total. The molecule has 0 aromatic heterocycles. The van der Waals surface area contributed by atoms with Crippen LogP contribution in [-0.4, -0.2) is 16.3 Å². The maximum Gasteiger partial charge on any atom is 0.311 e. The number of hydrogen-bond donors (Lipinski definition) is 1. The van der Waals surface area contributed by atoms with E-state index in [0.29, 0.717) is 11.7 Å². The van der Waals surface area contributed by atoms with Gasteiger partial charge in [-0.3, -0.25) is 4.79 Å². The van der Waals surface area contributed by atoms with Crippen LogP contribution < -0.4 is 0 Å². The fraction of sp³-hybridized carbons (Fsp3) is 0.278. The van der Waals surface area contributed by atoms with E-state index in [1.54, 1.807) is 0 Å². The monoisotopic (exact) mass is 298 g/mol. The molecule has 0 amide bonds. The Hall–Kier alpha value is -1.74. The summed E-state index contributed by atoms with van der Waals surface area (Å²) in [7, 11) is 0. The van der Waals surface area contributed by atoms with Gasteiger partial charge >= 0.3 is 5.97 Å². The number of rotatable bonds is 4. The summed E-state index contributed by atoms with van der Waals surface area (Å²) in [5.74, 6) is -1.14. The molecule has 3 heteroatoms. The van der Waals surface area contributed by atoms with E-state index in [2.05, 4.69) is 18.2 Å². The molecular weight excluding hydrogens is 280 g/mol. The second kappa shape index (κ2) is 5.94. The first-order chi connectivity index (χ1) is 10.1. The Morgan fingerprint density at radius 1 is 1.24 bits per heavy atom. The summed E-state index contributed by atoms with van der Waals surface area (Å²) in [6, 6.07) is 16.2. The van der Waals surface area contributed by atoms with Crippen molar-refractivity contribution in [2.45, 2.75) is 35.8 Å². The average molecular weight is 298 g/mol. The zero-order valence-corrected chi connectivity index (χ0v) is 12.8. The summed E-state index contributed by atoms with van der Waals surface area (Å²) >= 11 is 1.82. The molecule has 0 aliphatic carbocycles. The molecule has 2 aromatic carbocycles. The van der Waals surface area contributed by atoms with Crippen LogP contribution in [0.15, 0.2) is 53.4 Å². The Morgan fingerprint density at radius 2 is 1.95 bits per heavy atom. The van der Waals surface area contributed by atoms with E-state index in [4.69, 9.17) is 0 Å². The summed E-state index contributed by atoms with van der Waals surface area (Å²) in [5, 5.41) is 9.97. The lowest BCUT2D eigenvalue weighted by atomic mass is 9.89. The van der Waals surface area contributed by atoms with Crippen molar-refractivity contribution in [1.29, 1.82) is 0 Å². The third-order valence-electron chi connectivity index (χ3n) is 4.07. The molecule has 1 aliphatic heterocycles. The standard InChI is InChI=1S/C18H18O2S/c1-12-6-2-4-8-15(12)16(18(19)20)11-14-10-13-7-3-5-9-17(13)21-14/h2-9,14,16H,10-11H2,1H3,(H,19,20). The fourth-order valence-corrected chi connectivity index (χ4v) is 4.36. The lowest BCUT2D eigenvalue weighted by molar-refractivity contribution is -0.139. The molecule has 2 nitrogen and oxygen atoms in total. The number of aliphatic carboxylic acids is 1. The van der Waals surface area contributed by atoms with Crippen LogP contribution >= 0.6 is 11.8 Å². The van der Waals surface area contributed by atoms with E-state index in [1.807, 2.05) is 49.0 Å². The number of carbonyl (C=O) groups is 1. The Kier molecular flexibility index (Phi) is 4.02. The Morgan fingerprint density at radius 3 is 2.67 bits per heavy atom. The van der Waals surface area contributed by atoms with Crippen LogP contribution in [-0.2, 0) is 11.2 Å². The minimum absolute atomic E-state index is 0.350. The molecule has 2 atom stereocenters. The molecule has 0 fully saturated rings. The molecule has 0 bridgehead atoms. The second-order valence-corrected chi connectivity index (χ2v) is 6.88. The molecule has 2 unspecified atom stereocenters. The SMILES string of the molecule is Cc1ccccc1C(CC1Cc2ccccc2S1)C(=O)O. The van der Waals surface area contributed by atoms with E-state index in [1.165, 1.54) is 10.5 Å². The second-order valence-electron chi connectivity index (χ2n) is 5.53. The first-order valence-corrected chi connectivity index (χ1v) is 8.06. The number of aryl methyl sites for hydroxylation is 1. The van der Waals surface area contributed by atoms with Crippen molar-refractivity contribution in [3.05, 3.63) is 65.2 Å². The summed E-state index contributed by atoms with van der Waals surface area (Å²) in [5.41, 5.74) is 3.35. The van der Waals surface area contributed by atoms with E-state index < -0.39 is 11.9 Å². The molecule has 0 spiro atoms. The maximum absolute atomic E-state index is 11.7. The molecule has 3 rings (SSSR count). The van der Waals surface area contributed by atoms with E-state index in [-0.39, 0.29) is 0 Å². The number of fused-ring (bicyclic) bond motifs is 1. The normalized spacial score (nSPS) is 18.2. The zero-order chi connectivity index (χ0) is 14.8. The first kappa shape index (κ1) is 14.2. The van der Waals surface area contributed by atoms with Gasteiger partial charge in [0.05, 0.1) is 5.92 Å². The van der Waals surface area contributed by atoms with E-state index in [9.17, 15) is 9.90 Å². The molecule has 0 saturated heterocycles. The quantitative estimate of drug-likeness (QED) is 0.916. The summed E-state index contributed by atoms with van der Waals surface area (Å²) in [6.45, 7) is 1.99. The van der Waals surface area contributed by atoms with Crippen LogP contribution in [0.2, 0.25) is 0 Å². The van der Waals surface area contributed by atoms with Crippen LogP contribution in [0, 0.1) is 6.92 Å². The topological polar surface area (TPSA) is 37.3 Å². The minimum Gasteiger partial charge on any atom is -0.481 e. The highest BCUT2D eigenvalue weighted by Gasteiger charge is 2.29. The van der Waals surface area contributed by atoms with Gasteiger partial charge in [0.15, 0.2) is 0 Å². The molecule has 0 saturated carbocycles. The Labute approximate surface area is 129 Å². The highest BCUT2D eigenvalue weighted by molar-refractivity contribution is 8.00. The molecule has 21 heavy (non-hydrogen) atoms. The van der Waals surface area contributed by atoms with Gasteiger partial charge in [0.1, 0.15) is 0 Å². The number of hydrogen-bond acceptors (Lipinski definition) is 2. The van der Waals surface area contributed by atoms with Gasteiger partial charge in [0.25, 0.3) is 0 Å². The van der Waals surface area contributed by atoms with Crippen molar-refractivity contribution in [3.8, 4) is 0 Å². The van der Waals surface area contributed by atoms with Gasteiger partial charge in [-0.1, -0.05) is 42.5 Å². The van der Waals surface area contributed by atoms with Crippen LogP contribution in [0.1, 0.15) is 29.0 Å². The Bertz CT molecular complexity index is 641. The third-order valence-corrected chi connectivity index (χ3v) is 5.42. The summed E-state index contributed by atoms with van der Waals surface area (Å²) in [4.78, 5) is 13.0. The predicted octanol–water partition coefficient (Wildman–Crippen LogP) is 4.27. The molecule has 1 aliphatic rings. The number of thioether (sulfide) groups is 1. The van der Waals surface area contributed by atoms with Gasteiger partial charge < -0.3 is 5.11 Å². The van der Waals surface area contributed by atoms with Crippen molar-refractivity contribution in [1.82, 2.24) is 0 Å². The molecular formula is C18H18O2S. The van der Waals surface area contributed by atoms with E-state index in [0.717, 1.165) is 17.5 Å². The average Bonchev–Trinajstić information content (AvgIpc) is 2.88. The van der Waals surface area contributed by atoms with Crippen LogP contribution in [0.3, 0.4) is 0 Å². The van der Waals surface area contributed by atoms with Gasteiger partial charge in [0, 0.05) is 10.1 Å². The van der Waals surface area contributed by atoms with E-state index >= 15 is 0 Å². The number of carboxylic acid groups (broad SMARTS) is 1. The van der Waals surface area contributed by atoms with Gasteiger partial charge in [-0.15, -0.1) is 11.8 Å². The summed E-state index contributed by atoms with van der Waals surface area (Å²) in [6.07, 6.45) is 1.65. The Balaban J connectivity index is 1.79. The lowest BCUT2D eigenvalue weighted by Gasteiger charge is -2.18. The van der Waals surface area contributed by atoms with Gasteiger partial charge in [-0.05, 0) is 42.5 Å². The highest BCUT2D eigenvalue weighted by Crippen LogP contribution is 2.41. The van der Waals surface area contributed by atoms with Gasteiger partial charge in [0.2, 0.25) is 0 Å². The van der Waals surface area contributed by atoms with Gasteiger partial charge in [-0.2, -0.15) is 0 Å². The molecule has 108 valence electrons. The molecule has 1 heterocycles. The van der Waals surface area contributed by atoms with Crippen molar-refractivity contribution in [2.24, 2.45) is 0 Å². The van der Waals surface area contributed by atoms with Crippen LogP contribution in [0.25, 0.3) is 0 Å². The molecule has 0 radical (unpaired) electrons. The predicted molar refractivity (Wildman–Crippen MR) is 86.0 cm³/mol. The van der Waals surface area contributed by atoms with Gasteiger partial charge in [-0.25, -0.2) is 0 Å². The minimum atomic E-state index is -0.721. The lowest BCUT2D eigenvalue weighted by Crippen LogP contribution is -2.18. The zero-order valence-electron chi connectivity index (χ0n) is 12.0. The number of benzene rings is 2. The maximum atomic E-state index is 11.7. The van der Waals surface area contributed by atoms with Crippen molar-refractivity contribution in [2.75, 3.05) is 0 Å². The van der Waals surface area contributed by atoms with Crippen LogP contribution in [0.4, 0.5) is 0 Å². The van der Waals surface area contributed by atoms with Crippen molar-refractivity contribution >= 4 is 17.7 Å². The third kappa shape index (κ3) is 2.98. The highest BCUT2D eigenvalue weighted by atomic mass is 32.2. The number of carboxylic acids is 1. The van der Waals surface area contributed by atoms with Crippen molar-refractivity contribution < 1.29 is 9.90 Å². The summed E-state index contributed by atoms with van der Waals surface area (Å²) < 4.78 is 0. The molecule has 2 aromatic rings. The largest absolute Gasteiger partial charge is 0.481 e. The smallest absolute Gasteiger partial charge is 0.311 e. The van der Waals surface area contributed by atoms with Crippen molar-refractivity contribution in [3.63, 3.8) is 0 Å². The fourth-order valence-electron chi connectivity index (χ4n) is 2.99. The van der Waals surface area contributed by atoms with Crippen LogP contribution in [0.5, 0.6) is 0 Å². The first-order valence-electron chi connectivity index (χ1n) is 7.18.